The topological polar surface area (TPSA) is 98.0 Å². The van der Waals surface area contributed by atoms with Crippen LogP contribution in [0.15, 0.2) is 29.2 Å². The molecule has 0 fully saturated rings. The van der Waals surface area contributed by atoms with Gasteiger partial charge in [-0.3, -0.25) is 0 Å². The summed E-state index contributed by atoms with van der Waals surface area (Å²) in [5, 5.41) is 0. The van der Waals surface area contributed by atoms with Crippen molar-refractivity contribution in [1.29, 1.82) is 0 Å². The van der Waals surface area contributed by atoms with E-state index in [1.165, 1.54) is 6.07 Å². The van der Waals surface area contributed by atoms with E-state index in [2.05, 4.69) is 14.7 Å². The van der Waals surface area contributed by atoms with Gasteiger partial charge in [0, 0.05) is 17.9 Å². The van der Waals surface area contributed by atoms with Crippen molar-refractivity contribution in [2.24, 2.45) is 5.73 Å². The lowest BCUT2D eigenvalue weighted by Crippen LogP contribution is -2.16. The molecule has 2 rings (SSSR count). The second-order valence-electron chi connectivity index (χ2n) is 4.87. The molecule has 0 amide bonds. The van der Waals surface area contributed by atoms with E-state index in [-0.39, 0.29) is 10.8 Å². The van der Waals surface area contributed by atoms with Crippen molar-refractivity contribution in [3.05, 3.63) is 46.8 Å². The molecule has 0 aliphatic rings. The number of nitrogens with zero attached hydrogens (tertiary/aromatic N) is 2. The first kappa shape index (κ1) is 15.4. The number of nitrogens with two attached hydrogens (primary N) is 1. The smallest absolute Gasteiger partial charge is 0.264 e. The minimum Gasteiger partial charge on any atom is -0.326 e. The van der Waals surface area contributed by atoms with E-state index in [1.54, 1.807) is 32.0 Å². The SMILES string of the molecule is Cc1cc(C)nc(NS(=O)(=O)c2ccc(CN)c(C)c2)n1. The molecule has 0 bridgehead atoms. The van der Waals surface area contributed by atoms with Crippen molar-refractivity contribution >= 4 is 16.0 Å². The highest BCUT2D eigenvalue weighted by molar-refractivity contribution is 7.92. The number of hydrogen-bond acceptors (Lipinski definition) is 5. The molecular weight excluding hydrogens is 288 g/mol. The molecule has 0 unspecified atom stereocenters. The van der Waals surface area contributed by atoms with E-state index in [1.807, 2.05) is 6.92 Å². The van der Waals surface area contributed by atoms with E-state index in [4.69, 9.17) is 5.73 Å². The van der Waals surface area contributed by atoms with Crippen LogP contribution in [0, 0.1) is 20.8 Å². The second kappa shape index (κ2) is 5.79. The number of rotatable bonds is 4. The highest BCUT2D eigenvalue weighted by atomic mass is 32.2. The number of hydrogen-bond donors (Lipinski definition) is 2. The van der Waals surface area contributed by atoms with Crippen LogP contribution in [0.3, 0.4) is 0 Å². The van der Waals surface area contributed by atoms with Gasteiger partial charge in [-0.1, -0.05) is 6.07 Å². The maximum absolute atomic E-state index is 12.4. The molecule has 1 heterocycles. The van der Waals surface area contributed by atoms with E-state index in [0.29, 0.717) is 17.9 Å². The predicted molar refractivity (Wildman–Crippen MR) is 81.4 cm³/mol. The molecule has 0 saturated carbocycles. The molecule has 0 aliphatic carbocycles. The fourth-order valence-corrected chi connectivity index (χ4v) is 3.04. The lowest BCUT2D eigenvalue weighted by Gasteiger charge is -2.10. The summed E-state index contributed by atoms with van der Waals surface area (Å²) in [7, 11) is -3.71. The maximum Gasteiger partial charge on any atom is 0.264 e. The molecule has 0 saturated heterocycles. The molecule has 6 nitrogen and oxygen atoms in total. The zero-order valence-electron chi connectivity index (χ0n) is 12.2. The standard InChI is InChI=1S/C14H18N4O2S/c1-9-6-13(5-4-12(9)8-15)21(19,20)18-14-16-10(2)7-11(3)17-14/h4-7H,8,15H2,1-3H3,(H,16,17,18). The number of benzene rings is 1. The number of nitrogens with one attached hydrogen (secondary N) is 1. The minimum atomic E-state index is -3.71. The van der Waals surface area contributed by atoms with Gasteiger partial charge in [-0.15, -0.1) is 0 Å². The van der Waals surface area contributed by atoms with Crippen LogP contribution in [0.25, 0.3) is 0 Å². The Balaban J connectivity index is 2.36. The average Bonchev–Trinajstić information content (AvgIpc) is 2.36. The summed E-state index contributed by atoms with van der Waals surface area (Å²) in [6.07, 6.45) is 0. The highest BCUT2D eigenvalue weighted by Gasteiger charge is 2.17. The van der Waals surface area contributed by atoms with Gasteiger partial charge in [0.05, 0.1) is 4.90 Å². The minimum absolute atomic E-state index is 0.0769. The molecule has 2 aromatic rings. The summed E-state index contributed by atoms with van der Waals surface area (Å²) in [6.45, 7) is 5.77. The fraction of sp³-hybridized carbons (Fsp3) is 0.286. The predicted octanol–water partition coefficient (Wildman–Crippen LogP) is 1.66. The van der Waals surface area contributed by atoms with Gasteiger partial charge in [-0.25, -0.2) is 23.1 Å². The average molecular weight is 306 g/mol. The Kier molecular flexibility index (Phi) is 4.24. The van der Waals surface area contributed by atoms with Crippen LogP contribution in [0.5, 0.6) is 0 Å². The van der Waals surface area contributed by atoms with Gasteiger partial charge >= 0.3 is 0 Å². The first-order chi connectivity index (χ1) is 9.81. The zero-order chi connectivity index (χ0) is 15.6. The van der Waals surface area contributed by atoms with E-state index >= 15 is 0 Å². The molecule has 0 aliphatic heterocycles. The summed E-state index contributed by atoms with van der Waals surface area (Å²) in [4.78, 5) is 8.33. The van der Waals surface area contributed by atoms with Crippen molar-refractivity contribution in [2.45, 2.75) is 32.2 Å². The third-order valence-electron chi connectivity index (χ3n) is 3.05. The van der Waals surface area contributed by atoms with Gasteiger partial charge in [-0.2, -0.15) is 0 Å². The molecule has 0 radical (unpaired) electrons. The molecule has 0 atom stereocenters. The Bertz CT molecular complexity index is 752. The van der Waals surface area contributed by atoms with Crippen LogP contribution in [0.1, 0.15) is 22.5 Å². The summed E-state index contributed by atoms with van der Waals surface area (Å²) >= 11 is 0. The lowest BCUT2D eigenvalue weighted by atomic mass is 10.1. The third-order valence-corrected chi connectivity index (χ3v) is 4.38. The molecule has 21 heavy (non-hydrogen) atoms. The summed E-state index contributed by atoms with van der Waals surface area (Å²) in [5.41, 5.74) is 8.74. The summed E-state index contributed by atoms with van der Waals surface area (Å²) in [5.74, 6) is 0.0769. The summed E-state index contributed by atoms with van der Waals surface area (Å²) < 4.78 is 27.1. The number of aromatic nitrogens is 2. The van der Waals surface area contributed by atoms with Crippen LogP contribution >= 0.6 is 0 Å². The van der Waals surface area contributed by atoms with Gasteiger partial charge in [0.15, 0.2) is 0 Å². The largest absolute Gasteiger partial charge is 0.326 e. The fourth-order valence-electron chi connectivity index (χ4n) is 2.02. The normalized spacial score (nSPS) is 11.4. The lowest BCUT2D eigenvalue weighted by molar-refractivity contribution is 0.600. The Hall–Kier alpha value is -1.99. The van der Waals surface area contributed by atoms with Crippen LogP contribution in [-0.2, 0) is 16.6 Å². The van der Waals surface area contributed by atoms with Gasteiger partial charge in [0.2, 0.25) is 5.95 Å². The molecular formula is C14H18N4O2S. The van der Waals surface area contributed by atoms with Gasteiger partial charge < -0.3 is 5.73 Å². The van der Waals surface area contributed by atoms with Crippen molar-refractivity contribution < 1.29 is 8.42 Å². The zero-order valence-corrected chi connectivity index (χ0v) is 13.0. The van der Waals surface area contributed by atoms with Gasteiger partial charge in [0.25, 0.3) is 10.0 Å². The Morgan fingerprint density at radius 3 is 2.24 bits per heavy atom. The Morgan fingerprint density at radius 2 is 1.71 bits per heavy atom. The molecule has 0 spiro atoms. The van der Waals surface area contributed by atoms with Crippen molar-refractivity contribution in [3.63, 3.8) is 0 Å². The van der Waals surface area contributed by atoms with Crippen molar-refractivity contribution in [2.75, 3.05) is 4.72 Å². The third kappa shape index (κ3) is 3.56. The first-order valence-electron chi connectivity index (χ1n) is 6.46. The second-order valence-corrected chi connectivity index (χ2v) is 6.55. The number of anilines is 1. The Labute approximate surface area is 124 Å². The molecule has 1 aromatic carbocycles. The van der Waals surface area contributed by atoms with Crippen LogP contribution < -0.4 is 10.5 Å². The molecule has 7 heteroatoms. The number of sulfonamides is 1. The number of aryl methyl sites for hydroxylation is 3. The van der Waals surface area contributed by atoms with Crippen molar-refractivity contribution in [1.82, 2.24) is 9.97 Å². The Morgan fingerprint density at radius 1 is 1.10 bits per heavy atom. The first-order valence-corrected chi connectivity index (χ1v) is 7.95. The highest BCUT2D eigenvalue weighted by Crippen LogP contribution is 2.17. The van der Waals surface area contributed by atoms with E-state index < -0.39 is 10.0 Å². The van der Waals surface area contributed by atoms with E-state index in [9.17, 15) is 8.42 Å². The molecule has 3 N–H and O–H groups in total. The molecule has 1 aromatic heterocycles. The summed E-state index contributed by atoms with van der Waals surface area (Å²) in [6, 6.07) is 6.61. The maximum atomic E-state index is 12.4. The van der Waals surface area contributed by atoms with Crippen LogP contribution in [-0.4, -0.2) is 18.4 Å². The van der Waals surface area contributed by atoms with Crippen LogP contribution in [0.2, 0.25) is 0 Å². The monoisotopic (exact) mass is 306 g/mol. The van der Waals surface area contributed by atoms with Gasteiger partial charge in [0.1, 0.15) is 0 Å². The van der Waals surface area contributed by atoms with Crippen molar-refractivity contribution in [3.8, 4) is 0 Å². The van der Waals surface area contributed by atoms with Gasteiger partial charge in [-0.05, 0) is 50.1 Å². The van der Waals surface area contributed by atoms with Crippen LogP contribution in [0.4, 0.5) is 5.95 Å². The van der Waals surface area contributed by atoms with E-state index in [0.717, 1.165) is 11.1 Å². The molecule has 112 valence electrons. The quantitative estimate of drug-likeness (QED) is 0.895.